The lowest BCUT2D eigenvalue weighted by atomic mass is 9.99. The molecule has 23 nitrogen and oxygen atoms in total. The highest BCUT2D eigenvalue weighted by atomic mass is 16.6. The number of nitrogens with one attached hydrogen (secondary N) is 2. The fraction of sp³-hybridized carbons (Fsp3) is 0.596. The van der Waals surface area contributed by atoms with Crippen molar-refractivity contribution in [3.05, 3.63) is 67.4 Å². The van der Waals surface area contributed by atoms with Gasteiger partial charge in [0, 0.05) is 88.7 Å². The number of anilines is 6. The highest BCUT2D eigenvalue weighted by molar-refractivity contribution is 5.92. The van der Waals surface area contributed by atoms with Crippen molar-refractivity contribution in [3.8, 4) is 12.0 Å². The molecule has 0 radical (unpaired) electrons. The number of aromatic amines is 2. The Morgan fingerprint density at radius 3 is 1.62 bits per heavy atom. The van der Waals surface area contributed by atoms with Crippen molar-refractivity contribution >= 4 is 57.6 Å². The Bertz CT molecular complexity index is 3130. The number of piperazine rings is 2. The number of carboxylic acid groups (broad SMARTS) is 1. The molecule has 4 saturated heterocycles. The van der Waals surface area contributed by atoms with Gasteiger partial charge in [-0.2, -0.15) is 19.9 Å². The third kappa shape index (κ3) is 11.9. The molecular weight excluding hydrogens is 1020 g/mol. The molecule has 0 spiro atoms. The van der Waals surface area contributed by atoms with Gasteiger partial charge in [0.15, 0.2) is 0 Å². The van der Waals surface area contributed by atoms with Crippen LogP contribution < -0.4 is 46.2 Å². The summed E-state index contributed by atoms with van der Waals surface area (Å²) in [6.07, 6.45) is 4.90. The number of ether oxygens (including phenoxy) is 3. The van der Waals surface area contributed by atoms with Crippen molar-refractivity contribution in [2.45, 2.75) is 118 Å². The van der Waals surface area contributed by atoms with E-state index in [-0.39, 0.29) is 11.8 Å². The molecule has 0 bridgehead atoms. The fourth-order valence-electron chi connectivity index (χ4n) is 12.2. The van der Waals surface area contributed by atoms with Gasteiger partial charge in [-0.05, 0) is 149 Å². The van der Waals surface area contributed by atoms with E-state index in [9.17, 15) is 19.5 Å². The Balaban J connectivity index is 0.000000182. The molecule has 4 fully saturated rings. The van der Waals surface area contributed by atoms with Crippen LogP contribution in [-0.4, -0.2) is 190 Å². The number of nitrogens with two attached hydrogens (primary N) is 2. The van der Waals surface area contributed by atoms with E-state index in [0.717, 1.165) is 131 Å². The van der Waals surface area contributed by atoms with Crippen molar-refractivity contribution in [1.82, 2.24) is 49.5 Å². The molecule has 6 aliphatic rings. The lowest BCUT2D eigenvalue weighted by molar-refractivity contribution is 0.0240. The van der Waals surface area contributed by atoms with Crippen LogP contribution in [0.5, 0.6) is 12.0 Å². The summed E-state index contributed by atoms with van der Waals surface area (Å²) in [6.45, 7) is 24.4. The molecule has 0 saturated carbocycles. The number of hydrogen-bond donors (Lipinski definition) is 5. The summed E-state index contributed by atoms with van der Waals surface area (Å²) in [5.41, 5.74) is 25.3. The smallest absolute Gasteiger partial charge is 0.410 e. The van der Waals surface area contributed by atoms with Gasteiger partial charge in [0.2, 0.25) is 0 Å². The summed E-state index contributed by atoms with van der Waals surface area (Å²) in [6, 6.07) is 5.43. The largest absolute Gasteiger partial charge is 0.465 e. The van der Waals surface area contributed by atoms with Gasteiger partial charge < -0.3 is 80.0 Å². The number of hydrogen-bond acceptors (Lipinski definition) is 18. The third-order valence-electron chi connectivity index (χ3n) is 17.1. The van der Waals surface area contributed by atoms with Crippen LogP contribution in [0, 0.1) is 27.7 Å². The van der Waals surface area contributed by atoms with Gasteiger partial charge in [-0.1, -0.05) is 0 Å². The molecule has 80 heavy (non-hydrogen) atoms. The lowest BCUT2D eigenvalue weighted by Gasteiger charge is -2.38. The van der Waals surface area contributed by atoms with Crippen molar-refractivity contribution in [1.29, 1.82) is 0 Å². The maximum Gasteiger partial charge on any atom is 0.410 e. The van der Waals surface area contributed by atoms with E-state index in [4.69, 9.17) is 45.6 Å². The summed E-state index contributed by atoms with van der Waals surface area (Å²) < 4.78 is 18.1. The van der Waals surface area contributed by atoms with Crippen molar-refractivity contribution in [2.75, 3.05) is 137 Å². The van der Waals surface area contributed by atoms with Crippen LogP contribution in [0.1, 0.15) is 91.2 Å². The number of fused-ring (bicyclic) bond motifs is 3. The number of amides is 2. The molecular formula is C57H82N16O7. The van der Waals surface area contributed by atoms with Gasteiger partial charge in [0.1, 0.15) is 30.5 Å². The second-order valence-corrected chi connectivity index (χ2v) is 23.6. The Morgan fingerprint density at radius 1 is 0.650 bits per heavy atom. The molecule has 11 rings (SSSR count). The minimum Gasteiger partial charge on any atom is -0.465 e. The quantitative estimate of drug-likeness (QED) is 0.109. The second-order valence-electron chi connectivity index (χ2n) is 23.6. The van der Waals surface area contributed by atoms with Gasteiger partial charge in [-0.25, -0.2) is 14.4 Å². The summed E-state index contributed by atoms with van der Waals surface area (Å²) in [4.78, 5) is 78.9. The summed E-state index contributed by atoms with van der Waals surface area (Å²) in [5.74, 6) is 1.75. The number of imidazole rings is 1. The van der Waals surface area contributed by atoms with E-state index in [1.807, 2.05) is 32.9 Å². The molecule has 432 valence electrons. The Morgan fingerprint density at radius 2 is 1.14 bits per heavy atom. The summed E-state index contributed by atoms with van der Waals surface area (Å²) in [5, 5.41) is 9.38. The maximum absolute atomic E-state index is 12.7. The SMILES string of the molecule is Cc1cc(N)c(N)c(N2CCc3c(nc(OC[C@@H]4CCCN4C)nc3N3CCN(C(=O)O)CC3)C2)c1C.Cc1cc2[nH]c(=O)[nH]c2c(N2CCc3c(nc(OC[C@@H]4CCCN4C)nc3N3CCN(C(=O)OC(C)(C)C)CC3)C2)c1C. The molecule has 0 aliphatic carbocycles. The Labute approximate surface area is 468 Å². The Hall–Kier alpha value is -7.27. The number of aryl methyl sites for hydroxylation is 2. The van der Waals surface area contributed by atoms with Crippen LogP contribution in [0.25, 0.3) is 11.0 Å². The minimum atomic E-state index is -0.880. The maximum atomic E-state index is 12.7. The van der Waals surface area contributed by atoms with Crippen molar-refractivity contribution < 1.29 is 28.9 Å². The summed E-state index contributed by atoms with van der Waals surface area (Å²) >= 11 is 0. The third-order valence-corrected chi connectivity index (χ3v) is 17.1. The first-order valence-corrected chi connectivity index (χ1v) is 28.5. The molecule has 3 aromatic heterocycles. The van der Waals surface area contributed by atoms with Gasteiger partial charge in [0.25, 0.3) is 0 Å². The van der Waals surface area contributed by atoms with Crippen LogP contribution in [-0.2, 0) is 30.7 Å². The van der Waals surface area contributed by atoms with E-state index in [0.29, 0.717) is 114 Å². The van der Waals surface area contributed by atoms with Crippen molar-refractivity contribution in [2.24, 2.45) is 0 Å². The van der Waals surface area contributed by atoms with Crippen LogP contribution >= 0.6 is 0 Å². The number of nitrogens with zero attached hydrogens (tertiary/aromatic N) is 12. The Kier molecular flexibility index (Phi) is 16.2. The predicted octanol–water partition coefficient (Wildman–Crippen LogP) is 5.45. The standard InChI is InChI=1S/C31H44N8O4.C26H38N8O3/c1-19-16-23-25(34-28(40)32-23)26(20(19)2)39-11-9-22-24(17-39)33-29(42-18-21-8-7-10-36(21)6)35-27(22)37-12-14-38(15-13-37)30(41)43-31(3,4)5;1-16-13-20(27)22(28)23(17(16)2)34-8-6-19-21(14-34)29-25(37-15-18-5-4-7-31(18)3)30-24(19)32-9-11-33(12-10-32)26(35)36/h16,21H,7-15,17-18H2,1-6H3,(H2,32,34,40);13,18H,4-12,14-15,27-28H2,1-3H3,(H,35,36)/t21-;18-/m00/s1. The zero-order valence-corrected chi connectivity index (χ0v) is 48.3. The van der Waals surface area contributed by atoms with Gasteiger partial charge in [-0.15, -0.1) is 0 Å². The zero-order valence-electron chi connectivity index (χ0n) is 48.3. The summed E-state index contributed by atoms with van der Waals surface area (Å²) in [7, 11) is 4.26. The van der Waals surface area contributed by atoms with Gasteiger partial charge in [-0.3, -0.25) is 0 Å². The number of nitrogen functional groups attached to an aromatic ring is 2. The molecule has 0 unspecified atom stereocenters. The number of carbonyl (C=O) groups is 2. The first-order valence-electron chi connectivity index (χ1n) is 28.5. The number of rotatable bonds is 10. The first-order chi connectivity index (χ1) is 38.2. The molecule has 2 atom stereocenters. The van der Waals surface area contributed by atoms with E-state index >= 15 is 0 Å². The van der Waals surface area contributed by atoms with E-state index in [2.05, 4.69) is 81.2 Å². The van der Waals surface area contributed by atoms with Crippen LogP contribution in [0.2, 0.25) is 0 Å². The number of benzene rings is 2. The molecule has 7 N–H and O–H groups in total. The highest BCUT2D eigenvalue weighted by Gasteiger charge is 2.34. The average Bonchev–Trinajstić information content (AvgIpc) is 4.22. The van der Waals surface area contributed by atoms with E-state index < -0.39 is 11.7 Å². The topological polar surface area (TPSA) is 260 Å². The van der Waals surface area contributed by atoms with Crippen LogP contribution in [0.4, 0.5) is 44.0 Å². The fourth-order valence-corrected chi connectivity index (χ4v) is 12.2. The predicted molar refractivity (Wildman–Crippen MR) is 311 cm³/mol. The highest BCUT2D eigenvalue weighted by Crippen LogP contribution is 2.40. The number of aromatic nitrogens is 6. The molecule has 5 aromatic rings. The molecule has 6 aliphatic heterocycles. The zero-order chi connectivity index (χ0) is 56.7. The van der Waals surface area contributed by atoms with Crippen LogP contribution in [0.3, 0.4) is 0 Å². The minimum absolute atomic E-state index is 0.207. The van der Waals surface area contributed by atoms with Gasteiger partial charge >= 0.3 is 29.9 Å². The number of H-pyrrole nitrogens is 2. The number of likely N-dealkylation sites (tertiary alicyclic amines) is 2. The van der Waals surface area contributed by atoms with E-state index in [1.165, 1.54) is 17.7 Å². The molecule has 23 heteroatoms. The average molecular weight is 1100 g/mol. The molecule has 2 amide bonds. The number of likely N-dealkylation sites (N-methyl/N-ethyl adjacent to an activating group) is 2. The lowest BCUT2D eigenvalue weighted by Crippen LogP contribution is -2.50. The normalized spacial score (nSPS) is 20.0. The van der Waals surface area contributed by atoms with Crippen molar-refractivity contribution in [3.63, 3.8) is 0 Å². The molecule has 2 aromatic carbocycles. The monoisotopic (exact) mass is 1100 g/mol. The number of carbonyl (C=O) groups excluding carboxylic acids is 1. The first kappa shape index (κ1) is 56.0. The van der Waals surface area contributed by atoms with Gasteiger partial charge in [0.05, 0.1) is 58.3 Å². The molecule has 9 heterocycles. The van der Waals surface area contributed by atoms with E-state index in [1.54, 1.807) is 4.90 Å². The van der Waals surface area contributed by atoms with Crippen LogP contribution in [0.15, 0.2) is 16.9 Å². The second kappa shape index (κ2) is 23.1.